The molecule has 2 N–H and O–H groups in total. The van der Waals surface area contributed by atoms with Crippen LogP contribution in [0.1, 0.15) is 40.9 Å². The average Bonchev–Trinajstić information content (AvgIpc) is 3.15. The summed E-state index contributed by atoms with van der Waals surface area (Å²) in [7, 11) is 0. The Bertz CT molecular complexity index is 603. The number of guanidine groups is 1. The fourth-order valence-corrected chi connectivity index (χ4v) is 3.88. The summed E-state index contributed by atoms with van der Waals surface area (Å²) in [6.45, 7) is 11.0. The van der Waals surface area contributed by atoms with Crippen molar-refractivity contribution in [3.63, 3.8) is 0 Å². The van der Waals surface area contributed by atoms with Crippen LogP contribution in [-0.4, -0.2) is 30.6 Å². The lowest BCUT2D eigenvalue weighted by Crippen LogP contribution is -2.38. The Labute approximate surface area is 170 Å². The molecular weight excluding hydrogens is 451 g/mol. The van der Waals surface area contributed by atoms with E-state index in [1.54, 1.807) is 22.7 Å². The van der Waals surface area contributed by atoms with Crippen molar-refractivity contribution in [2.24, 2.45) is 4.99 Å². The summed E-state index contributed by atoms with van der Waals surface area (Å²) in [5.74, 6) is 1.33. The van der Waals surface area contributed by atoms with Crippen LogP contribution in [0.2, 0.25) is 0 Å². The van der Waals surface area contributed by atoms with Crippen molar-refractivity contribution in [3.05, 3.63) is 38.0 Å². The molecule has 0 aliphatic rings. The Hall–Kier alpha value is -0.670. The molecule has 4 nitrogen and oxygen atoms in total. The maximum atomic E-state index is 4.71. The topological polar surface area (TPSA) is 49.3 Å². The largest absolute Gasteiger partial charge is 0.357 e. The number of halogens is 1. The number of hydrogen-bond acceptors (Lipinski definition) is 4. The maximum Gasteiger partial charge on any atom is 0.191 e. The van der Waals surface area contributed by atoms with Crippen molar-refractivity contribution in [2.45, 2.75) is 40.0 Å². The third-order valence-corrected chi connectivity index (χ3v) is 5.52. The van der Waals surface area contributed by atoms with E-state index in [0.717, 1.165) is 37.7 Å². The van der Waals surface area contributed by atoms with Gasteiger partial charge in [0.15, 0.2) is 5.96 Å². The van der Waals surface area contributed by atoms with Crippen molar-refractivity contribution >= 4 is 52.6 Å². The van der Waals surface area contributed by atoms with E-state index in [1.165, 1.54) is 15.4 Å². The Morgan fingerprint density at radius 2 is 2.12 bits per heavy atom. The van der Waals surface area contributed by atoms with Crippen LogP contribution in [0.15, 0.2) is 21.8 Å². The first-order valence-electron chi connectivity index (χ1n) is 8.07. The van der Waals surface area contributed by atoms with Crippen LogP contribution in [0.3, 0.4) is 0 Å². The number of hydrogen-bond donors (Lipinski definition) is 2. The number of aliphatic imine (C=N–C) groups is 1. The second-order valence-corrected chi connectivity index (χ2v) is 7.67. The molecule has 2 rings (SSSR count). The van der Waals surface area contributed by atoms with Crippen molar-refractivity contribution in [1.29, 1.82) is 0 Å². The monoisotopic (exact) mass is 478 g/mol. The van der Waals surface area contributed by atoms with Crippen molar-refractivity contribution in [2.75, 3.05) is 19.6 Å². The minimum Gasteiger partial charge on any atom is -0.357 e. The number of thiazole rings is 1. The summed E-state index contributed by atoms with van der Waals surface area (Å²) in [5, 5.41) is 12.2. The normalized spacial score (nSPS) is 12.6. The molecule has 1 unspecified atom stereocenters. The molecule has 2 aromatic heterocycles. The highest BCUT2D eigenvalue weighted by Crippen LogP contribution is 2.18. The van der Waals surface area contributed by atoms with Crippen LogP contribution < -0.4 is 10.6 Å². The van der Waals surface area contributed by atoms with E-state index in [1.807, 2.05) is 0 Å². The molecule has 134 valence electrons. The van der Waals surface area contributed by atoms with Crippen LogP contribution in [-0.2, 0) is 6.42 Å². The molecule has 0 fully saturated rings. The van der Waals surface area contributed by atoms with E-state index in [4.69, 9.17) is 4.99 Å². The molecule has 0 saturated heterocycles. The van der Waals surface area contributed by atoms with E-state index in [-0.39, 0.29) is 24.0 Å². The van der Waals surface area contributed by atoms with Crippen LogP contribution in [0.5, 0.6) is 0 Å². The minimum absolute atomic E-state index is 0. The Kier molecular flexibility index (Phi) is 9.84. The van der Waals surface area contributed by atoms with E-state index in [2.05, 4.69) is 60.1 Å². The summed E-state index contributed by atoms with van der Waals surface area (Å²) in [5.41, 5.74) is 2.51. The Morgan fingerprint density at radius 1 is 1.33 bits per heavy atom. The van der Waals surface area contributed by atoms with E-state index in [0.29, 0.717) is 5.92 Å². The number of nitrogens with one attached hydrogen (secondary N) is 2. The predicted octanol–water partition coefficient (Wildman–Crippen LogP) is 4.34. The zero-order valence-electron chi connectivity index (χ0n) is 14.8. The Balaban J connectivity index is 0.00000288. The first kappa shape index (κ1) is 21.4. The summed E-state index contributed by atoms with van der Waals surface area (Å²) in [4.78, 5) is 10.6. The third kappa shape index (κ3) is 6.68. The molecule has 2 aromatic rings. The number of nitrogens with zero attached hydrogens (tertiary/aromatic N) is 2. The quantitative estimate of drug-likeness (QED) is 0.354. The smallest absolute Gasteiger partial charge is 0.191 e. The molecule has 0 radical (unpaired) electrons. The average molecular weight is 478 g/mol. The van der Waals surface area contributed by atoms with Gasteiger partial charge >= 0.3 is 0 Å². The fourth-order valence-electron chi connectivity index (χ4n) is 2.16. The van der Waals surface area contributed by atoms with Crippen LogP contribution >= 0.6 is 46.7 Å². The van der Waals surface area contributed by atoms with Gasteiger partial charge in [-0.2, -0.15) is 11.3 Å². The zero-order valence-corrected chi connectivity index (χ0v) is 18.7. The number of aryl methyl sites for hydroxylation is 2. The van der Waals surface area contributed by atoms with Gasteiger partial charge in [-0.3, -0.25) is 4.99 Å². The van der Waals surface area contributed by atoms with Crippen LogP contribution in [0.25, 0.3) is 0 Å². The summed E-state index contributed by atoms with van der Waals surface area (Å²) in [6, 6.07) is 2.18. The number of thiophene rings is 1. The number of aromatic nitrogens is 1. The standard InChI is InChI=1S/C17H26N4S2.HI/c1-5-18-17(20-10-12(2)15-7-9-22-11-15)19-8-6-16-21-13(3)14(4)23-16;/h7,9,11-12H,5-6,8,10H2,1-4H3,(H2,18,19,20);1H. The van der Waals surface area contributed by atoms with Gasteiger partial charge in [0.1, 0.15) is 0 Å². The summed E-state index contributed by atoms with van der Waals surface area (Å²) < 4.78 is 0. The molecule has 0 spiro atoms. The molecule has 0 aromatic carbocycles. The second kappa shape index (κ2) is 11.0. The molecule has 0 amide bonds. The van der Waals surface area contributed by atoms with Gasteiger partial charge in [-0.25, -0.2) is 4.98 Å². The zero-order chi connectivity index (χ0) is 16.7. The van der Waals surface area contributed by atoms with Gasteiger partial charge in [-0.05, 0) is 43.2 Å². The molecule has 24 heavy (non-hydrogen) atoms. The van der Waals surface area contributed by atoms with E-state index < -0.39 is 0 Å². The van der Waals surface area contributed by atoms with Gasteiger partial charge in [-0.1, -0.05) is 6.92 Å². The van der Waals surface area contributed by atoms with Gasteiger partial charge in [0.2, 0.25) is 0 Å². The molecule has 0 aliphatic heterocycles. The lowest BCUT2D eigenvalue weighted by Gasteiger charge is -2.12. The van der Waals surface area contributed by atoms with Crippen molar-refractivity contribution < 1.29 is 0 Å². The highest BCUT2D eigenvalue weighted by atomic mass is 127. The summed E-state index contributed by atoms with van der Waals surface area (Å²) in [6.07, 6.45) is 0.934. The fraction of sp³-hybridized carbons (Fsp3) is 0.529. The first-order valence-corrected chi connectivity index (χ1v) is 9.83. The molecule has 2 heterocycles. The van der Waals surface area contributed by atoms with E-state index in [9.17, 15) is 0 Å². The van der Waals surface area contributed by atoms with Crippen molar-refractivity contribution in [3.8, 4) is 0 Å². The molecule has 7 heteroatoms. The molecule has 0 saturated carbocycles. The third-order valence-electron chi connectivity index (χ3n) is 3.68. The first-order chi connectivity index (χ1) is 11.1. The van der Waals surface area contributed by atoms with Gasteiger partial charge in [0, 0.05) is 36.9 Å². The van der Waals surface area contributed by atoms with Gasteiger partial charge in [0.25, 0.3) is 0 Å². The minimum atomic E-state index is 0. The molecule has 1 atom stereocenters. The van der Waals surface area contributed by atoms with Gasteiger partial charge < -0.3 is 10.6 Å². The molecular formula is C17H27IN4S2. The lowest BCUT2D eigenvalue weighted by atomic mass is 10.1. The van der Waals surface area contributed by atoms with E-state index >= 15 is 0 Å². The molecule has 0 aliphatic carbocycles. The highest BCUT2D eigenvalue weighted by molar-refractivity contribution is 14.0. The Morgan fingerprint density at radius 3 is 2.71 bits per heavy atom. The second-order valence-electron chi connectivity index (χ2n) is 5.60. The van der Waals surface area contributed by atoms with Crippen LogP contribution in [0.4, 0.5) is 0 Å². The van der Waals surface area contributed by atoms with Crippen molar-refractivity contribution in [1.82, 2.24) is 15.6 Å². The van der Waals surface area contributed by atoms with Crippen LogP contribution in [0, 0.1) is 13.8 Å². The highest BCUT2D eigenvalue weighted by Gasteiger charge is 2.07. The summed E-state index contributed by atoms with van der Waals surface area (Å²) >= 11 is 3.53. The van der Waals surface area contributed by atoms with Gasteiger partial charge in [0.05, 0.1) is 10.7 Å². The van der Waals surface area contributed by atoms with Gasteiger partial charge in [-0.15, -0.1) is 35.3 Å². The predicted molar refractivity (Wildman–Crippen MR) is 117 cm³/mol. The lowest BCUT2D eigenvalue weighted by molar-refractivity contribution is 0.747. The molecule has 0 bridgehead atoms. The maximum absolute atomic E-state index is 4.71. The number of rotatable bonds is 7. The SMILES string of the molecule is CCNC(=NCC(C)c1ccsc1)NCCc1nc(C)c(C)s1.I.